The molecule has 0 heterocycles. The van der Waals surface area contributed by atoms with Gasteiger partial charge >= 0.3 is 13.4 Å². The Labute approximate surface area is 138 Å². The van der Waals surface area contributed by atoms with Crippen molar-refractivity contribution in [3.05, 3.63) is 6.92 Å². The maximum absolute atomic E-state index is 7.56. The average Bonchev–Trinajstić information content (AvgIpc) is 2.08. The molecule has 19 heavy (non-hydrogen) atoms. The molecule has 6 nitrogen and oxygen atoms in total. The largest absolute Gasteiger partial charge is 0.340 e. The van der Waals surface area contributed by atoms with Crippen molar-refractivity contribution in [1.29, 1.82) is 0 Å². The minimum atomic E-state index is -3.81. The van der Waals surface area contributed by atoms with Crippen molar-refractivity contribution in [2.45, 2.75) is 39.5 Å². The maximum Gasteiger partial charge on any atom is 0.319 e. The zero-order valence-electron chi connectivity index (χ0n) is 11.2. The van der Waals surface area contributed by atoms with Crippen LogP contribution >= 0.6 is 13.4 Å². The smallest absolute Gasteiger partial charge is 0.319 e. The molecule has 0 aromatic heterocycles. The third kappa shape index (κ3) is 104. The summed E-state index contributed by atoms with van der Waals surface area (Å²) in [5.41, 5.74) is 0. The van der Waals surface area contributed by atoms with Crippen LogP contribution in [0.3, 0.4) is 0 Å². The first-order valence-electron chi connectivity index (χ1n) is 5.20. The molecule has 0 saturated heterocycles. The van der Waals surface area contributed by atoms with E-state index in [1.165, 1.54) is 25.7 Å². The maximum atomic E-state index is 7.56. The minimum absolute atomic E-state index is 0. The Balaban J connectivity index is -0.0000000906. The van der Waals surface area contributed by atoms with Gasteiger partial charge in [0.2, 0.25) is 0 Å². The van der Waals surface area contributed by atoms with Crippen molar-refractivity contribution >= 4 is 37.1 Å². The fourth-order valence-electron chi connectivity index (χ4n) is 0.697. The van der Waals surface area contributed by atoms with E-state index in [4.69, 9.17) is 29.4 Å². The molecule has 0 aliphatic rings. The van der Waals surface area contributed by atoms with E-state index in [9.17, 15) is 0 Å². The topological polar surface area (TPSA) is 121 Å². The summed E-state index contributed by atoms with van der Waals surface area (Å²) in [7, 11) is 0. The van der Waals surface area contributed by atoms with Gasteiger partial charge < -0.3 is 36.3 Å². The molecule has 0 amide bonds. The first-order chi connectivity index (χ1) is 7.81. The zero-order chi connectivity index (χ0) is 15.4. The summed E-state index contributed by atoms with van der Waals surface area (Å²) in [4.78, 5) is 45.3. The summed E-state index contributed by atoms with van der Waals surface area (Å²) in [5, 5.41) is 0. The predicted molar refractivity (Wildman–Crippen MR) is 80.5 cm³/mol. The summed E-state index contributed by atoms with van der Waals surface area (Å²) >= 11 is 7.21. The molecule has 0 aliphatic carbocycles. The van der Waals surface area contributed by atoms with Crippen LogP contribution in [0.5, 0.6) is 0 Å². The van der Waals surface area contributed by atoms with E-state index in [0.29, 0.717) is 5.92 Å². The second-order valence-corrected chi connectivity index (χ2v) is 8.44. The van der Waals surface area contributed by atoms with E-state index in [0.717, 1.165) is 0 Å². The monoisotopic (exact) mass is 405 g/mol. The van der Waals surface area contributed by atoms with Crippen LogP contribution in [-0.4, -0.2) is 29.4 Å². The molecule has 0 bridgehead atoms. The molecule has 0 spiro atoms. The third-order valence-corrected chi connectivity index (χ3v) is 1.54. The average molecular weight is 407 g/mol. The summed E-state index contributed by atoms with van der Waals surface area (Å²) in [5.74, 6) is 0.704. The van der Waals surface area contributed by atoms with Crippen LogP contribution in [0.4, 0.5) is 0 Å². The summed E-state index contributed by atoms with van der Waals surface area (Å²) in [6.45, 7) is 0.809. The molecular weight excluding hydrogens is 384 g/mol. The van der Waals surface area contributed by atoms with Crippen LogP contribution in [0, 0.1) is 12.8 Å². The van der Waals surface area contributed by atoms with E-state index >= 15 is 0 Å². The van der Waals surface area contributed by atoms with Gasteiger partial charge in [0.05, 0.1) is 0 Å². The van der Waals surface area contributed by atoms with Gasteiger partial charge in [0, 0.05) is 19.5 Å². The Hall–Kier alpha value is 1.68. The van der Waals surface area contributed by atoms with E-state index in [1.807, 2.05) is 0 Å². The third-order valence-electron chi connectivity index (χ3n) is 1.54. The molecule has 0 rings (SSSR count). The normalized spacial score (nSPS) is 12.1. The molecule has 11 heteroatoms. The first-order valence-corrected chi connectivity index (χ1v) is 10.5. The van der Waals surface area contributed by atoms with Crippen molar-refractivity contribution < 1.29 is 48.8 Å². The van der Waals surface area contributed by atoms with Crippen LogP contribution in [-0.2, 0) is 43.1 Å². The van der Waals surface area contributed by atoms with Crippen LogP contribution in [0.15, 0.2) is 0 Å². The van der Waals surface area contributed by atoms with Crippen molar-refractivity contribution in [3.63, 3.8) is 0 Å². The summed E-state index contributed by atoms with van der Waals surface area (Å²) < 4.78 is 0. The number of hydrogen-bond acceptors (Lipinski definition) is 2. The van der Waals surface area contributed by atoms with Gasteiger partial charge in [-0.2, -0.15) is 5.92 Å². The molecule has 0 radical (unpaired) electrons. The summed E-state index contributed by atoms with van der Waals surface area (Å²) in [6, 6.07) is 0. The Morgan fingerprint density at radius 1 is 0.947 bits per heavy atom. The molecule has 1 atom stereocenters. The van der Waals surface area contributed by atoms with Crippen LogP contribution < -0.4 is 0 Å². The van der Waals surface area contributed by atoms with Crippen LogP contribution in [0.25, 0.3) is 0 Å². The number of rotatable bonds is 4. The second-order valence-electron chi connectivity index (χ2n) is 3.44. The summed E-state index contributed by atoms with van der Waals surface area (Å²) in [6.07, 6.45) is 5.21. The second kappa shape index (κ2) is 16.1. The van der Waals surface area contributed by atoms with Gasteiger partial charge in [-0.1, -0.05) is 39.5 Å². The van der Waals surface area contributed by atoms with Gasteiger partial charge in [-0.15, -0.1) is 0 Å². The molecule has 0 aliphatic heterocycles. The van der Waals surface area contributed by atoms with Gasteiger partial charge in [0.25, 0.3) is 0 Å². The van der Waals surface area contributed by atoms with E-state index in [1.54, 1.807) is 0 Å². The molecule has 0 aromatic carbocycles. The first kappa shape index (κ1) is 28.8. The van der Waals surface area contributed by atoms with Crippen molar-refractivity contribution in [1.82, 2.24) is 0 Å². The van der Waals surface area contributed by atoms with Gasteiger partial charge in [0.1, 0.15) is 0 Å². The minimum Gasteiger partial charge on any atom is -0.340 e. The fourth-order valence-corrected chi connectivity index (χ4v) is 0.697. The van der Waals surface area contributed by atoms with Crippen molar-refractivity contribution in [3.8, 4) is 0 Å². The Morgan fingerprint density at radius 2 is 1.21 bits per heavy atom. The van der Waals surface area contributed by atoms with E-state index < -0.39 is 13.4 Å². The number of hydrogen-bond donors (Lipinski definition) is 6. The number of unbranched alkanes of at least 4 members (excludes halogenated alkanes) is 1. The zero-order valence-corrected chi connectivity index (χ0v) is 17.6. The van der Waals surface area contributed by atoms with Gasteiger partial charge in [-0.05, 0) is 23.6 Å². The SMILES string of the molecule is OP(O)(O)=S.OP(O)(O)=S.[CH2-]C(CC)CCCC.[Zn]. The Kier molecular flexibility index (Phi) is 24.3. The van der Waals surface area contributed by atoms with Crippen LogP contribution in [0.1, 0.15) is 39.5 Å². The molecule has 0 aromatic rings. The van der Waals surface area contributed by atoms with Crippen molar-refractivity contribution in [2.75, 3.05) is 0 Å². The fraction of sp³-hybridized carbons (Fsp3) is 0.875. The standard InChI is InChI=1S/C8H17.2H3O3PS.Zn/c1-4-6-7-8(3)5-2;2*1-4(2,3)5;/h8H,3-7H2,1-2H3;2*(H3,1,2,3,5);/q-1;;;. The predicted octanol–water partition coefficient (Wildman–Crippen LogP) is 1.41. The quantitative estimate of drug-likeness (QED) is 0.235. The van der Waals surface area contributed by atoms with E-state index in [-0.39, 0.29) is 19.5 Å². The van der Waals surface area contributed by atoms with Gasteiger partial charge in [-0.25, -0.2) is 0 Å². The molecule has 1 unspecified atom stereocenters. The van der Waals surface area contributed by atoms with Gasteiger partial charge in [0.15, 0.2) is 0 Å². The Morgan fingerprint density at radius 3 is 1.37 bits per heavy atom. The van der Waals surface area contributed by atoms with Crippen molar-refractivity contribution in [2.24, 2.45) is 5.92 Å². The molecule has 0 fully saturated rings. The molecule has 0 saturated carbocycles. The van der Waals surface area contributed by atoms with E-state index in [2.05, 4.69) is 44.4 Å². The molecule has 116 valence electrons. The molecular formula is C8H23O6P2S2Zn-. The van der Waals surface area contributed by atoms with Crippen LogP contribution in [0.2, 0.25) is 0 Å². The Bertz CT molecular complexity index is 233. The molecule has 6 N–H and O–H groups in total. The van der Waals surface area contributed by atoms with Gasteiger partial charge in [-0.3, -0.25) is 0 Å².